The third-order valence-corrected chi connectivity index (χ3v) is 3.71. The molecule has 0 aliphatic heterocycles. The van der Waals surface area contributed by atoms with Crippen LogP contribution in [0.2, 0.25) is 9.10 Å². The molecule has 0 saturated carbocycles. The normalized spacial score (nSPS) is 9.11. The lowest BCUT2D eigenvalue weighted by Crippen LogP contribution is -1.87. The number of hydrogen-bond acceptors (Lipinski definition) is 0. The van der Waals surface area contributed by atoms with Crippen LogP contribution in [-0.4, -0.2) is 20.4 Å². The molecule has 0 saturated heterocycles. The van der Waals surface area contributed by atoms with E-state index in [-0.39, 0.29) is 0 Å². The molecule has 1 heteroatoms. The molecule has 0 amide bonds. The number of rotatable bonds is 6. The Morgan fingerprint density at radius 3 is 1.67 bits per heavy atom. The molecular formula is C8H18Mg. The molecule has 52 valence electrons. The fraction of sp³-hybridized carbons (Fsp3) is 1.00. The molecule has 9 heavy (non-hydrogen) atoms. The molecule has 0 aliphatic carbocycles. The molecule has 0 aromatic carbocycles. The summed E-state index contributed by atoms with van der Waals surface area (Å²) in [7, 11) is 0. The van der Waals surface area contributed by atoms with E-state index in [0.717, 1.165) is 0 Å². The van der Waals surface area contributed by atoms with Gasteiger partial charge >= 0.3 is 20.4 Å². The van der Waals surface area contributed by atoms with Crippen LogP contribution < -0.4 is 0 Å². The maximum Gasteiger partial charge on any atom is 0.364 e. The minimum atomic E-state index is 0.389. The Kier molecular flexibility index (Phi) is 9.51. The fourth-order valence-corrected chi connectivity index (χ4v) is 3.09. The van der Waals surface area contributed by atoms with E-state index in [4.69, 9.17) is 0 Å². The topological polar surface area (TPSA) is 0 Å². The van der Waals surface area contributed by atoms with Crippen LogP contribution >= 0.6 is 0 Å². The Bertz CT molecular complexity index is 37.8. The van der Waals surface area contributed by atoms with Crippen molar-refractivity contribution in [3.8, 4) is 0 Å². The Morgan fingerprint density at radius 1 is 0.889 bits per heavy atom. The largest absolute Gasteiger partial charge is 0.364 e. The molecule has 0 aromatic rings. The van der Waals surface area contributed by atoms with Crippen LogP contribution in [0.25, 0.3) is 0 Å². The summed E-state index contributed by atoms with van der Waals surface area (Å²) < 4.78 is 3.19. The quantitative estimate of drug-likeness (QED) is 0.382. The van der Waals surface area contributed by atoms with Gasteiger partial charge in [-0.25, -0.2) is 0 Å². The zero-order valence-corrected chi connectivity index (χ0v) is 8.36. The average molecular weight is 129 g/mol. The van der Waals surface area contributed by atoms with Crippen LogP contribution in [0.4, 0.5) is 0 Å². The molecule has 0 rings (SSSR count). The fourth-order valence-electron chi connectivity index (χ4n) is 1.03. The Balaban J connectivity index is 2.60. The van der Waals surface area contributed by atoms with E-state index < -0.39 is 0 Å². The summed E-state index contributed by atoms with van der Waals surface area (Å²) in [5, 5.41) is 0. The zero-order chi connectivity index (χ0) is 6.95. The van der Waals surface area contributed by atoms with Gasteiger partial charge < -0.3 is 0 Å². The Morgan fingerprint density at radius 2 is 1.33 bits per heavy atom. The van der Waals surface area contributed by atoms with Gasteiger partial charge in [0.25, 0.3) is 0 Å². The van der Waals surface area contributed by atoms with Crippen molar-refractivity contribution >= 4 is 20.4 Å². The molecular weight excluding hydrogens is 111 g/mol. The lowest BCUT2D eigenvalue weighted by molar-refractivity contribution is 0.851. The van der Waals surface area contributed by atoms with Gasteiger partial charge in [-0.3, -0.25) is 0 Å². The van der Waals surface area contributed by atoms with Gasteiger partial charge in [-0.2, -0.15) is 0 Å². The third kappa shape index (κ3) is 8.77. The first-order valence-electron chi connectivity index (χ1n) is 4.41. The van der Waals surface area contributed by atoms with Crippen molar-refractivity contribution in [2.24, 2.45) is 0 Å². The SMILES string of the molecule is CCC[CH2][15Mg][CH2]CCC. The van der Waals surface area contributed by atoms with Crippen LogP contribution in [0.3, 0.4) is 0 Å². The van der Waals surface area contributed by atoms with Crippen molar-refractivity contribution in [3.63, 3.8) is 0 Å². The van der Waals surface area contributed by atoms with Crippen molar-refractivity contribution in [2.45, 2.75) is 48.6 Å². The minimum absolute atomic E-state index is 0.389. The van der Waals surface area contributed by atoms with Crippen molar-refractivity contribution in [1.82, 2.24) is 0 Å². The summed E-state index contributed by atoms with van der Waals surface area (Å²) in [4.78, 5) is 0. The van der Waals surface area contributed by atoms with Crippen LogP contribution in [0, 0.1) is 0 Å². The molecule has 0 bridgehead atoms. The van der Waals surface area contributed by atoms with E-state index >= 15 is 0 Å². The first kappa shape index (κ1) is 9.77. The summed E-state index contributed by atoms with van der Waals surface area (Å²) in [6, 6.07) is 0. The number of hydrogen-bond donors (Lipinski definition) is 0. The number of unbranched alkanes of at least 4 members (excludes halogenated alkanes) is 2. The van der Waals surface area contributed by atoms with Gasteiger partial charge in [-0.05, 0) is 0 Å². The lowest BCUT2D eigenvalue weighted by atomic mass is 10.3. The van der Waals surface area contributed by atoms with Gasteiger partial charge in [0.05, 0.1) is 0 Å². The molecule has 0 atom stereocenters. The molecule has 0 aromatic heterocycles. The van der Waals surface area contributed by atoms with E-state index in [1.807, 2.05) is 0 Å². The van der Waals surface area contributed by atoms with Crippen LogP contribution in [0.15, 0.2) is 0 Å². The standard InChI is InChI=1S/2C4H9.Mg/c2*1-3-4-2;/h2*1,3-4H2,2H3;/i;;1-9. The summed E-state index contributed by atoms with van der Waals surface area (Å²) in [5.74, 6) is 0. The lowest BCUT2D eigenvalue weighted by Gasteiger charge is -1.93. The molecule has 0 spiro atoms. The molecule has 0 unspecified atom stereocenters. The van der Waals surface area contributed by atoms with Crippen LogP contribution in [-0.2, 0) is 0 Å². The smallest absolute Gasteiger partial charge is 0.146 e. The van der Waals surface area contributed by atoms with Gasteiger partial charge in [0.2, 0.25) is 0 Å². The van der Waals surface area contributed by atoms with Crippen LogP contribution in [0.5, 0.6) is 0 Å². The molecule has 0 radical (unpaired) electrons. The predicted molar refractivity (Wildman–Crippen MR) is 45.2 cm³/mol. The van der Waals surface area contributed by atoms with E-state index in [2.05, 4.69) is 13.8 Å². The highest BCUT2D eigenvalue weighted by Gasteiger charge is 1.92. The van der Waals surface area contributed by atoms with Crippen molar-refractivity contribution < 1.29 is 0 Å². The van der Waals surface area contributed by atoms with Gasteiger partial charge in [0.15, 0.2) is 0 Å². The zero-order valence-electron chi connectivity index (χ0n) is 6.95. The van der Waals surface area contributed by atoms with E-state index in [1.54, 1.807) is 9.10 Å². The average Bonchev–Trinajstić information content (AvgIpc) is 1.89. The van der Waals surface area contributed by atoms with Crippen molar-refractivity contribution in [1.29, 1.82) is 0 Å². The first-order valence-corrected chi connectivity index (χ1v) is 6.41. The highest BCUT2D eigenvalue weighted by molar-refractivity contribution is 6.35. The molecule has 0 heterocycles. The maximum absolute atomic E-state index is 2.29. The summed E-state index contributed by atoms with van der Waals surface area (Å²) >= 11 is 0.389. The minimum Gasteiger partial charge on any atom is -0.146 e. The Hall–Kier alpha value is 0.766. The Labute approximate surface area is 69.1 Å². The first-order chi connectivity index (χ1) is 4.41. The molecule has 0 aliphatic rings. The second-order valence-corrected chi connectivity index (χ2v) is 4.89. The molecule has 0 fully saturated rings. The second kappa shape index (κ2) is 8.77. The summed E-state index contributed by atoms with van der Waals surface area (Å²) in [5.41, 5.74) is 0. The highest BCUT2D eigenvalue weighted by atomic mass is 15.6. The summed E-state index contributed by atoms with van der Waals surface area (Å²) in [6.07, 6.45) is 5.80. The monoisotopic (exact) mass is 129 g/mol. The predicted octanol–water partition coefficient (Wildman–Crippen LogP) is 3.13. The van der Waals surface area contributed by atoms with Crippen molar-refractivity contribution in [2.75, 3.05) is 0 Å². The third-order valence-electron chi connectivity index (χ3n) is 1.71. The van der Waals surface area contributed by atoms with Gasteiger partial charge in [0, 0.05) is 0 Å². The second-order valence-electron chi connectivity index (χ2n) is 2.77. The van der Waals surface area contributed by atoms with Gasteiger partial charge in [-0.15, -0.1) is 9.10 Å². The van der Waals surface area contributed by atoms with E-state index in [1.165, 1.54) is 25.7 Å². The van der Waals surface area contributed by atoms with Crippen molar-refractivity contribution in [3.05, 3.63) is 0 Å². The van der Waals surface area contributed by atoms with Gasteiger partial charge in [-0.1, -0.05) is 39.5 Å². The highest BCUT2D eigenvalue weighted by Crippen LogP contribution is 1.99. The summed E-state index contributed by atoms with van der Waals surface area (Å²) in [6.45, 7) is 4.57. The van der Waals surface area contributed by atoms with E-state index in [0.29, 0.717) is 20.4 Å². The van der Waals surface area contributed by atoms with E-state index in [9.17, 15) is 0 Å². The molecule has 0 nitrogen and oxygen atoms in total. The van der Waals surface area contributed by atoms with Crippen LogP contribution in [0.1, 0.15) is 39.5 Å². The maximum atomic E-state index is 2.29. The van der Waals surface area contributed by atoms with Gasteiger partial charge in [0.1, 0.15) is 0 Å². The molecule has 0 N–H and O–H groups in total.